The second kappa shape index (κ2) is 15.2. The molecule has 1 N–H and O–H groups in total. The molecule has 58 heavy (non-hydrogen) atoms. The number of aromatic carboxylic acids is 1. The third-order valence-electron chi connectivity index (χ3n) is 11.4. The van der Waals surface area contributed by atoms with E-state index in [-0.39, 0.29) is 17.6 Å². The van der Waals surface area contributed by atoms with Crippen LogP contribution in [-0.4, -0.2) is 49.0 Å². The van der Waals surface area contributed by atoms with Crippen LogP contribution >= 0.6 is 23.2 Å². The molecule has 1 atom stereocenters. The molecule has 4 aromatic carbocycles. The summed E-state index contributed by atoms with van der Waals surface area (Å²) in [6, 6.07) is 22.8. The van der Waals surface area contributed by atoms with Gasteiger partial charge in [0.25, 0.3) is 5.91 Å². The molecule has 0 saturated heterocycles. The molecular weight excluding hydrogens is 773 g/mol. The van der Waals surface area contributed by atoms with E-state index >= 15 is 4.79 Å². The van der Waals surface area contributed by atoms with Crippen LogP contribution in [-0.2, 0) is 27.1 Å². The molecule has 1 aliphatic rings. The van der Waals surface area contributed by atoms with Crippen LogP contribution in [0.3, 0.4) is 0 Å². The van der Waals surface area contributed by atoms with Crippen molar-refractivity contribution in [2.24, 2.45) is 14.1 Å². The Morgan fingerprint density at radius 2 is 1.60 bits per heavy atom. The Labute approximate surface area is 347 Å². The maximum absolute atomic E-state index is 15.4. The number of carboxylic acids is 1. The van der Waals surface area contributed by atoms with Crippen LogP contribution in [0.25, 0.3) is 32.9 Å². The molecule has 4 heterocycles. The van der Waals surface area contributed by atoms with Crippen LogP contribution in [0, 0.1) is 27.7 Å². The van der Waals surface area contributed by atoms with Gasteiger partial charge in [0.15, 0.2) is 0 Å². The van der Waals surface area contributed by atoms with E-state index in [9.17, 15) is 9.90 Å². The molecule has 3 aromatic heterocycles. The van der Waals surface area contributed by atoms with Gasteiger partial charge in [-0.05, 0) is 94.0 Å². The standard InChI is InChI=1S/C46H45Cl2N5O5/c1-25-18-31(19-26(2)42(25)48)57-17-11-14-33-34-15-16-36(47)41(40-28(4)49-51(7)29(40)5)43(34)53-27(3)23-52(45(54)44(33)53)38-21-32(58-24-30-12-9-8-10-13-30)20-37-35(38)22-39(46(55)56)50(37)6/h8-10,12-13,15-16,18-22,27H,11,14,17,23-24H2,1-7H3,(H,55,56). The van der Waals surface area contributed by atoms with Crippen LogP contribution in [0.15, 0.2) is 72.8 Å². The summed E-state index contributed by atoms with van der Waals surface area (Å²) in [6.45, 7) is 11.1. The Hall–Kier alpha value is -5.71. The first-order chi connectivity index (χ1) is 27.7. The van der Waals surface area contributed by atoms with E-state index in [1.807, 2.05) is 106 Å². The summed E-state index contributed by atoms with van der Waals surface area (Å²) < 4.78 is 18.2. The highest BCUT2D eigenvalue weighted by atomic mass is 35.5. The molecule has 0 radical (unpaired) electrons. The van der Waals surface area contributed by atoms with E-state index in [1.54, 1.807) is 22.6 Å². The van der Waals surface area contributed by atoms with Crippen molar-refractivity contribution < 1.29 is 24.2 Å². The number of anilines is 1. The third-order valence-corrected chi connectivity index (χ3v) is 12.3. The van der Waals surface area contributed by atoms with E-state index < -0.39 is 5.97 Å². The number of aromatic nitrogens is 4. The topological polar surface area (TPSA) is 104 Å². The second-order valence-electron chi connectivity index (χ2n) is 15.3. The maximum Gasteiger partial charge on any atom is 0.352 e. The van der Waals surface area contributed by atoms with Crippen molar-refractivity contribution in [3.8, 4) is 22.6 Å². The lowest BCUT2D eigenvalue weighted by atomic mass is 9.98. The fourth-order valence-electron chi connectivity index (χ4n) is 8.58. The number of hydrogen-bond acceptors (Lipinski definition) is 5. The Morgan fingerprint density at radius 3 is 2.28 bits per heavy atom. The Bertz CT molecular complexity index is 2760. The molecule has 0 fully saturated rings. The molecule has 0 spiro atoms. The number of carbonyl (C=O) groups is 2. The first kappa shape index (κ1) is 39.1. The fraction of sp³-hybridized carbons (Fsp3) is 0.283. The van der Waals surface area contributed by atoms with Crippen LogP contribution in [0.2, 0.25) is 10.0 Å². The lowest BCUT2D eigenvalue weighted by Gasteiger charge is -2.35. The van der Waals surface area contributed by atoms with Crippen molar-refractivity contribution in [3.05, 3.63) is 128 Å². The highest BCUT2D eigenvalue weighted by Gasteiger charge is 2.38. The largest absolute Gasteiger partial charge is 0.494 e. The minimum absolute atomic E-state index is 0.108. The van der Waals surface area contributed by atoms with Gasteiger partial charge in [-0.15, -0.1) is 0 Å². The number of fused-ring (bicyclic) bond motifs is 4. The number of benzene rings is 4. The average molecular weight is 819 g/mol. The molecule has 7 aromatic rings. The summed E-state index contributed by atoms with van der Waals surface area (Å²) in [4.78, 5) is 29.6. The first-order valence-corrected chi connectivity index (χ1v) is 20.1. The van der Waals surface area contributed by atoms with Crippen LogP contribution in [0.4, 0.5) is 5.69 Å². The summed E-state index contributed by atoms with van der Waals surface area (Å²) in [5, 5.41) is 17.8. The molecule has 10 nitrogen and oxygen atoms in total. The average Bonchev–Trinajstić information content (AvgIpc) is 3.80. The number of rotatable bonds is 11. The lowest BCUT2D eigenvalue weighted by Crippen LogP contribution is -2.42. The SMILES string of the molecule is Cc1cc(OCCCc2c3n(c4c(-c5c(C)nn(C)c5C)c(Cl)ccc24)C(C)CN(c2cc(OCc4ccccc4)cc4c2cc(C(=O)O)n4C)C3=O)cc(C)c1Cl. The summed E-state index contributed by atoms with van der Waals surface area (Å²) in [6.07, 6.45) is 1.18. The van der Waals surface area contributed by atoms with Crippen molar-refractivity contribution in [2.75, 3.05) is 18.1 Å². The molecule has 0 aliphatic carbocycles. The smallest absolute Gasteiger partial charge is 0.352 e. The van der Waals surface area contributed by atoms with E-state index in [2.05, 4.69) is 11.5 Å². The van der Waals surface area contributed by atoms with Crippen molar-refractivity contribution in [1.82, 2.24) is 18.9 Å². The van der Waals surface area contributed by atoms with Gasteiger partial charge >= 0.3 is 5.97 Å². The zero-order chi connectivity index (χ0) is 41.2. The monoisotopic (exact) mass is 817 g/mol. The molecule has 1 aliphatic heterocycles. The van der Waals surface area contributed by atoms with Gasteiger partial charge in [0.2, 0.25) is 0 Å². The first-order valence-electron chi connectivity index (χ1n) is 19.4. The van der Waals surface area contributed by atoms with E-state index in [0.717, 1.165) is 66.4 Å². The van der Waals surface area contributed by atoms with Gasteiger partial charge in [-0.25, -0.2) is 4.79 Å². The molecule has 0 bridgehead atoms. The Morgan fingerprint density at radius 1 is 0.897 bits per heavy atom. The molecule has 0 saturated carbocycles. The summed E-state index contributed by atoms with van der Waals surface area (Å²) in [5.74, 6) is 0.0158. The normalized spacial score (nSPS) is 14.1. The number of halogens is 2. The number of ether oxygens (including phenoxy) is 2. The Kier molecular flexibility index (Phi) is 10.3. The van der Waals surface area contributed by atoms with E-state index in [1.165, 1.54) is 0 Å². The second-order valence-corrected chi connectivity index (χ2v) is 16.1. The van der Waals surface area contributed by atoms with Crippen molar-refractivity contribution in [3.63, 3.8) is 0 Å². The number of amides is 1. The van der Waals surface area contributed by atoms with Crippen molar-refractivity contribution >= 4 is 62.6 Å². The predicted octanol–water partition coefficient (Wildman–Crippen LogP) is 10.6. The van der Waals surface area contributed by atoms with Gasteiger partial charge in [0, 0.05) is 71.4 Å². The summed E-state index contributed by atoms with van der Waals surface area (Å²) >= 11 is 13.6. The van der Waals surface area contributed by atoms with Crippen molar-refractivity contribution in [2.45, 2.75) is 60.1 Å². The highest BCUT2D eigenvalue weighted by molar-refractivity contribution is 6.35. The Balaban J connectivity index is 1.27. The third kappa shape index (κ3) is 6.68. The van der Waals surface area contributed by atoms with Gasteiger partial charge in [0.05, 0.1) is 34.0 Å². The van der Waals surface area contributed by atoms with Gasteiger partial charge < -0.3 is 28.6 Å². The van der Waals surface area contributed by atoms with Gasteiger partial charge in [-0.2, -0.15) is 5.10 Å². The van der Waals surface area contributed by atoms with Gasteiger partial charge in [-0.1, -0.05) is 59.6 Å². The van der Waals surface area contributed by atoms with Crippen LogP contribution in [0.1, 0.15) is 74.0 Å². The number of carbonyl (C=O) groups excluding carboxylic acids is 1. The molecule has 1 amide bonds. The quantitative estimate of drug-likeness (QED) is 0.130. The molecule has 1 unspecified atom stereocenters. The van der Waals surface area contributed by atoms with Crippen LogP contribution in [0.5, 0.6) is 11.5 Å². The lowest BCUT2D eigenvalue weighted by molar-refractivity contribution is 0.0686. The number of carboxylic acid groups (broad SMARTS) is 1. The highest BCUT2D eigenvalue weighted by Crippen LogP contribution is 2.46. The van der Waals surface area contributed by atoms with Gasteiger partial charge in [-0.3, -0.25) is 9.48 Å². The number of hydrogen-bond donors (Lipinski definition) is 1. The number of aryl methyl sites for hydroxylation is 6. The minimum Gasteiger partial charge on any atom is -0.494 e. The predicted molar refractivity (Wildman–Crippen MR) is 230 cm³/mol. The molecule has 8 rings (SSSR count). The van der Waals surface area contributed by atoms with Gasteiger partial charge in [0.1, 0.15) is 29.5 Å². The molecule has 298 valence electrons. The van der Waals surface area contributed by atoms with Crippen molar-refractivity contribution in [1.29, 1.82) is 0 Å². The number of nitrogens with zero attached hydrogens (tertiary/aromatic N) is 5. The summed E-state index contributed by atoms with van der Waals surface area (Å²) in [7, 11) is 3.64. The molecular formula is C46H45Cl2N5O5. The summed E-state index contributed by atoms with van der Waals surface area (Å²) in [5.41, 5.74) is 10.2. The fourth-order valence-corrected chi connectivity index (χ4v) is 8.93. The van der Waals surface area contributed by atoms with E-state index in [4.69, 9.17) is 37.8 Å². The molecule has 12 heteroatoms. The minimum atomic E-state index is -1.06. The van der Waals surface area contributed by atoms with E-state index in [0.29, 0.717) is 65.7 Å². The zero-order valence-electron chi connectivity index (χ0n) is 33.6. The zero-order valence-corrected chi connectivity index (χ0v) is 35.1. The van der Waals surface area contributed by atoms with Crippen LogP contribution < -0.4 is 14.4 Å². The maximum atomic E-state index is 15.4.